The van der Waals surface area contributed by atoms with Crippen LogP contribution in [0.3, 0.4) is 0 Å². The Morgan fingerprint density at radius 3 is 1.53 bits per heavy atom. The molecule has 0 aromatic carbocycles. The minimum absolute atomic E-state index is 0.0811. The lowest BCUT2D eigenvalue weighted by Gasteiger charge is -2.35. The first-order valence-corrected chi connectivity index (χ1v) is 5.07. The number of unbranched alkanes of at least 4 members (excludes halogenated alkanes) is 1. The summed E-state index contributed by atoms with van der Waals surface area (Å²) in [5.41, 5.74) is 0. The van der Waals surface area contributed by atoms with Gasteiger partial charge in [-0.1, -0.05) is 19.8 Å². The molecule has 0 N–H and O–H groups in total. The summed E-state index contributed by atoms with van der Waals surface area (Å²) < 4.78 is 124. The quantitative estimate of drug-likeness (QED) is 0.607. The zero-order chi connectivity index (χ0) is 15.7. The number of rotatable bonds is 6. The summed E-state index contributed by atoms with van der Waals surface area (Å²) in [5.74, 6) is -20.0. The Balaban J connectivity index is 5.38. The molecule has 0 radical (unpaired) electrons. The highest BCUT2D eigenvalue weighted by Gasteiger charge is 2.83. The van der Waals surface area contributed by atoms with E-state index in [9.17, 15) is 43.9 Å². The van der Waals surface area contributed by atoms with E-state index in [-0.39, 0.29) is 12.8 Å². The van der Waals surface area contributed by atoms with Crippen molar-refractivity contribution in [3.63, 3.8) is 0 Å². The van der Waals surface area contributed by atoms with E-state index in [1.807, 2.05) is 0 Å². The lowest BCUT2D eigenvalue weighted by molar-refractivity contribution is -0.403. The Bertz CT molecular complexity index is 292. The van der Waals surface area contributed by atoms with Crippen LogP contribution in [-0.4, -0.2) is 30.1 Å². The van der Waals surface area contributed by atoms with Gasteiger partial charge in [0.15, 0.2) is 6.17 Å². The van der Waals surface area contributed by atoms with Crippen molar-refractivity contribution in [1.29, 1.82) is 0 Å². The molecular formula is C9H10F10. The second-order valence-electron chi connectivity index (χ2n) is 3.88. The molecule has 0 fully saturated rings. The standard InChI is InChI=1S/C9H10F10/c1-2-3-4-5(10)6(11,12)7(13,14)8(15,16)9(17,18)19/h5H,2-4H2,1H3. The van der Waals surface area contributed by atoms with E-state index >= 15 is 0 Å². The molecule has 1 unspecified atom stereocenters. The molecule has 0 aliphatic heterocycles. The van der Waals surface area contributed by atoms with Crippen molar-refractivity contribution >= 4 is 0 Å². The van der Waals surface area contributed by atoms with Gasteiger partial charge in [0.2, 0.25) is 0 Å². The lowest BCUT2D eigenvalue weighted by Crippen LogP contribution is -2.63. The van der Waals surface area contributed by atoms with E-state index in [1.54, 1.807) is 0 Å². The lowest BCUT2D eigenvalue weighted by atomic mass is 9.97. The first-order chi connectivity index (χ1) is 8.23. The zero-order valence-electron chi connectivity index (χ0n) is 9.48. The Kier molecular flexibility index (Phi) is 5.16. The van der Waals surface area contributed by atoms with Gasteiger partial charge in [-0.05, 0) is 6.42 Å². The minimum Gasteiger partial charge on any atom is -0.241 e. The summed E-state index contributed by atoms with van der Waals surface area (Å²) >= 11 is 0. The number of hydrogen-bond donors (Lipinski definition) is 0. The third-order valence-electron chi connectivity index (χ3n) is 2.37. The fourth-order valence-electron chi connectivity index (χ4n) is 1.15. The molecule has 0 aromatic heterocycles. The van der Waals surface area contributed by atoms with Crippen molar-refractivity contribution in [3.8, 4) is 0 Å². The highest BCUT2D eigenvalue weighted by Crippen LogP contribution is 2.54. The summed E-state index contributed by atoms with van der Waals surface area (Å²) in [5, 5.41) is 0. The number of halogens is 10. The van der Waals surface area contributed by atoms with E-state index in [1.165, 1.54) is 6.92 Å². The van der Waals surface area contributed by atoms with Gasteiger partial charge in [-0.2, -0.15) is 39.5 Å². The molecule has 1 atom stereocenters. The average molecular weight is 308 g/mol. The predicted octanol–water partition coefficient (Wildman–Crippen LogP) is 4.98. The van der Waals surface area contributed by atoms with Gasteiger partial charge >= 0.3 is 23.9 Å². The van der Waals surface area contributed by atoms with Crippen LogP contribution in [0, 0.1) is 0 Å². The zero-order valence-corrected chi connectivity index (χ0v) is 9.48. The Hall–Kier alpha value is -0.700. The maximum Gasteiger partial charge on any atom is 0.460 e. The van der Waals surface area contributed by atoms with Gasteiger partial charge in [-0.25, -0.2) is 4.39 Å². The highest BCUT2D eigenvalue weighted by atomic mass is 19.4. The van der Waals surface area contributed by atoms with Crippen LogP contribution in [0.15, 0.2) is 0 Å². The molecule has 0 heterocycles. The summed E-state index contributed by atoms with van der Waals surface area (Å²) in [6.07, 6.45) is -12.2. The highest BCUT2D eigenvalue weighted by molar-refractivity contribution is 5.03. The summed E-state index contributed by atoms with van der Waals surface area (Å²) in [6, 6.07) is 0. The molecule has 0 aromatic rings. The van der Waals surface area contributed by atoms with Gasteiger partial charge in [0, 0.05) is 0 Å². The van der Waals surface area contributed by atoms with Gasteiger partial charge < -0.3 is 0 Å². The number of hydrogen-bond acceptors (Lipinski definition) is 0. The monoisotopic (exact) mass is 308 g/mol. The van der Waals surface area contributed by atoms with E-state index in [0.717, 1.165) is 0 Å². The molecule has 0 spiro atoms. The van der Waals surface area contributed by atoms with Crippen molar-refractivity contribution in [2.45, 2.75) is 56.3 Å². The van der Waals surface area contributed by atoms with Crippen LogP contribution in [0.2, 0.25) is 0 Å². The maximum atomic E-state index is 12.9. The van der Waals surface area contributed by atoms with Crippen LogP contribution < -0.4 is 0 Å². The van der Waals surface area contributed by atoms with Crippen LogP contribution in [0.1, 0.15) is 26.2 Å². The Labute approximate surface area is 101 Å². The first kappa shape index (κ1) is 18.3. The molecule has 10 heteroatoms. The minimum atomic E-state index is -7.03. The molecule has 0 saturated heterocycles. The summed E-state index contributed by atoms with van der Waals surface area (Å²) in [6.45, 7) is 1.37. The topological polar surface area (TPSA) is 0 Å². The third-order valence-corrected chi connectivity index (χ3v) is 2.37. The molecule has 0 aliphatic rings. The van der Waals surface area contributed by atoms with Gasteiger partial charge in [-0.3, -0.25) is 0 Å². The molecule has 0 rings (SSSR count). The van der Waals surface area contributed by atoms with Crippen molar-refractivity contribution in [2.75, 3.05) is 0 Å². The second kappa shape index (κ2) is 5.35. The maximum absolute atomic E-state index is 12.9. The molecule has 19 heavy (non-hydrogen) atoms. The first-order valence-electron chi connectivity index (χ1n) is 5.07. The van der Waals surface area contributed by atoms with E-state index in [4.69, 9.17) is 0 Å². The molecule has 0 amide bonds. The SMILES string of the molecule is CCCCC(F)C(F)(F)C(F)(F)C(F)(F)C(F)(F)F. The molecular weight excluding hydrogens is 298 g/mol. The molecule has 0 bridgehead atoms. The van der Waals surface area contributed by atoms with Crippen LogP contribution in [-0.2, 0) is 0 Å². The van der Waals surface area contributed by atoms with Crippen molar-refractivity contribution in [3.05, 3.63) is 0 Å². The van der Waals surface area contributed by atoms with Gasteiger partial charge in [0.1, 0.15) is 0 Å². The summed E-state index contributed by atoms with van der Waals surface area (Å²) in [4.78, 5) is 0. The molecule has 0 aliphatic carbocycles. The third kappa shape index (κ3) is 3.07. The Morgan fingerprint density at radius 2 is 1.21 bits per heavy atom. The van der Waals surface area contributed by atoms with Crippen molar-refractivity contribution < 1.29 is 43.9 Å². The van der Waals surface area contributed by atoms with Crippen LogP contribution in [0.25, 0.3) is 0 Å². The van der Waals surface area contributed by atoms with Crippen LogP contribution in [0.5, 0.6) is 0 Å². The Morgan fingerprint density at radius 1 is 0.789 bits per heavy atom. The number of alkyl halides is 10. The van der Waals surface area contributed by atoms with Gasteiger partial charge in [0.25, 0.3) is 0 Å². The average Bonchev–Trinajstić information content (AvgIpc) is 2.23. The molecule has 116 valence electrons. The van der Waals surface area contributed by atoms with E-state index in [2.05, 4.69) is 0 Å². The van der Waals surface area contributed by atoms with Crippen LogP contribution >= 0.6 is 0 Å². The predicted molar refractivity (Wildman–Crippen MR) is 45.3 cm³/mol. The van der Waals surface area contributed by atoms with E-state index < -0.39 is 36.5 Å². The van der Waals surface area contributed by atoms with E-state index in [0.29, 0.717) is 0 Å². The van der Waals surface area contributed by atoms with Crippen molar-refractivity contribution in [2.24, 2.45) is 0 Å². The normalized spacial score (nSPS) is 16.6. The molecule has 0 saturated carbocycles. The largest absolute Gasteiger partial charge is 0.460 e. The molecule has 0 nitrogen and oxygen atoms in total. The van der Waals surface area contributed by atoms with Gasteiger partial charge in [0.05, 0.1) is 0 Å². The summed E-state index contributed by atoms with van der Waals surface area (Å²) in [7, 11) is 0. The fraction of sp³-hybridized carbons (Fsp3) is 1.00. The fourth-order valence-corrected chi connectivity index (χ4v) is 1.15. The second-order valence-corrected chi connectivity index (χ2v) is 3.88. The smallest absolute Gasteiger partial charge is 0.241 e. The van der Waals surface area contributed by atoms with Crippen LogP contribution in [0.4, 0.5) is 43.9 Å². The van der Waals surface area contributed by atoms with Gasteiger partial charge in [-0.15, -0.1) is 0 Å². The van der Waals surface area contributed by atoms with Crippen molar-refractivity contribution in [1.82, 2.24) is 0 Å².